The number of hydrogen-bond acceptors (Lipinski definition) is 0. The highest BCUT2D eigenvalue weighted by Crippen LogP contribution is 2.39. The van der Waals surface area contributed by atoms with Gasteiger partial charge in [0.15, 0.2) is 0 Å². The van der Waals surface area contributed by atoms with Crippen LogP contribution in [0.3, 0.4) is 0 Å². The molecule has 3 atom stereocenters. The second-order valence-electron chi connectivity index (χ2n) is 3.96. The van der Waals surface area contributed by atoms with E-state index in [-0.39, 0.29) is 0 Å². The van der Waals surface area contributed by atoms with Gasteiger partial charge < -0.3 is 0 Å². The minimum Gasteiger partial charge on any atom is -0.0956 e. The second kappa shape index (κ2) is 2.84. The Labute approximate surface area is 70.0 Å². The van der Waals surface area contributed by atoms with Crippen molar-refractivity contribution in [2.45, 2.75) is 27.2 Å². The minimum atomic E-state index is 0.631. The number of rotatable bonds is 0. The molecule has 1 fully saturated rings. The van der Waals surface area contributed by atoms with Gasteiger partial charge in [0.2, 0.25) is 0 Å². The van der Waals surface area contributed by atoms with E-state index in [0.717, 1.165) is 18.3 Å². The van der Waals surface area contributed by atoms with Gasteiger partial charge in [0, 0.05) is 0 Å². The first kappa shape index (κ1) is 8.58. The molecule has 0 bridgehead atoms. The third-order valence-corrected chi connectivity index (χ3v) is 3.26. The second-order valence-corrected chi connectivity index (χ2v) is 3.96. The van der Waals surface area contributed by atoms with E-state index in [4.69, 9.17) is 0 Å². The lowest BCUT2D eigenvalue weighted by Gasteiger charge is -2.35. The van der Waals surface area contributed by atoms with Gasteiger partial charge in [0.05, 0.1) is 0 Å². The fourth-order valence-electron chi connectivity index (χ4n) is 1.84. The van der Waals surface area contributed by atoms with Crippen molar-refractivity contribution >= 4 is 0 Å². The van der Waals surface area contributed by atoms with Crippen LogP contribution in [0.1, 0.15) is 27.2 Å². The van der Waals surface area contributed by atoms with Gasteiger partial charge in [-0.05, 0) is 29.7 Å². The van der Waals surface area contributed by atoms with Gasteiger partial charge in [0.25, 0.3) is 0 Å². The van der Waals surface area contributed by atoms with Crippen molar-refractivity contribution in [1.29, 1.82) is 0 Å². The molecular weight excluding hydrogens is 132 g/mol. The average Bonchev–Trinajstić information content (AvgIpc) is 1.97. The summed E-state index contributed by atoms with van der Waals surface area (Å²) < 4.78 is 0. The number of allylic oxidation sites excluding steroid dienone is 2. The summed E-state index contributed by atoms with van der Waals surface area (Å²) in [6.45, 7) is 15.0. The Morgan fingerprint density at radius 3 is 2.27 bits per heavy atom. The van der Waals surface area contributed by atoms with Gasteiger partial charge in [0.1, 0.15) is 0 Å². The molecule has 11 heavy (non-hydrogen) atoms. The molecule has 1 aliphatic rings. The van der Waals surface area contributed by atoms with Crippen LogP contribution in [0.25, 0.3) is 0 Å². The molecule has 1 rings (SSSR count). The topological polar surface area (TPSA) is 0 Å². The van der Waals surface area contributed by atoms with E-state index in [9.17, 15) is 0 Å². The van der Waals surface area contributed by atoms with Crippen molar-refractivity contribution in [2.24, 2.45) is 17.8 Å². The van der Waals surface area contributed by atoms with E-state index in [0.29, 0.717) is 5.92 Å². The standard InChI is InChI=1S/C11H18/c1-7-6-8(2)10(4)11(5)9(7)3/h8,10-11H,1,3,6H2,2,4-5H3. The van der Waals surface area contributed by atoms with Crippen LogP contribution in [-0.2, 0) is 0 Å². The summed E-state index contributed by atoms with van der Waals surface area (Å²) in [6, 6.07) is 0. The number of hydrogen-bond donors (Lipinski definition) is 0. The molecule has 0 spiro atoms. The maximum absolute atomic E-state index is 4.06. The zero-order valence-corrected chi connectivity index (χ0v) is 7.85. The summed E-state index contributed by atoms with van der Waals surface area (Å²) >= 11 is 0. The molecule has 0 nitrogen and oxygen atoms in total. The molecular formula is C11H18. The van der Waals surface area contributed by atoms with Crippen LogP contribution in [0.4, 0.5) is 0 Å². The van der Waals surface area contributed by atoms with Crippen molar-refractivity contribution in [3.05, 3.63) is 24.3 Å². The molecule has 0 saturated heterocycles. The van der Waals surface area contributed by atoms with E-state index in [1.165, 1.54) is 11.1 Å². The lowest BCUT2D eigenvalue weighted by Crippen LogP contribution is -2.24. The molecule has 1 saturated carbocycles. The summed E-state index contributed by atoms with van der Waals surface area (Å²) in [4.78, 5) is 0. The minimum absolute atomic E-state index is 0.631. The Kier molecular flexibility index (Phi) is 2.22. The highest BCUT2D eigenvalue weighted by atomic mass is 14.3. The molecule has 3 unspecified atom stereocenters. The maximum atomic E-state index is 4.06. The smallest absolute Gasteiger partial charge is 0.0165 e. The van der Waals surface area contributed by atoms with Crippen LogP contribution in [0, 0.1) is 17.8 Å². The van der Waals surface area contributed by atoms with Crippen LogP contribution in [-0.4, -0.2) is 0 Å². The molecule has 0 heteroatoms. The molecule has 0 amide bonds. The summed E-state index contributed by atoms with van der Waals surface area (Å²) in [5, 5.41) is 0. The highest BCUT2D eigenvalue weighted by Gasteiger charge is 2.28. The van der Waals surface area contributed by atoms with Crippen LogP contribution < -0.4 is 0 Å². The van der Waals surface area contributed by atoms with Gasteiger partial charge in [-0.25, -0.2) is 0 Å². The molecule has 0 heterocycles. The van der Waals surface area contributed by atoms with E-state index >= 15 is 0 Å². The fourth-order valence-corrected chi connectivity index (χ4v) is 1.84. The highest BCUT2D eigenvalue weighted by molar-refractivity contribution is 5.30. The maximum Gasteiger partial charge on any atom is -0.0165 e. The predicted molar refractivity (Wildman–Crippen MR) is 50.4 cm³/mol. The lowest BCUT2D eigenvalue weighted by atomic mass is 9.70. The molecule has 0 aromatic heterocycles. The quantitative estimate of drug-likeness (QED) is 0.496. The van der Waals surface area contributed by atoms with Crippen LogP contribution >= 0.6 is 0 Å². The van der Waals surface area contributed by atoms with Gasteiger partial charge >= 0.3 is 0 Å². The fraction of sp³-hybridized carbons (Fsp3) is 0.636. The Bertz CT molecular complexity index is 188. The van der Waals surface area contributed by atoms with Crippen LogP contribution in [0.5, 0.6) is 0 Å². The monoisotopic (exact) mass is 150 g/mol. The Morgan fingerprint density at radius 1 is 1.18 bits per heavy atom. The van der Waals surface area contributed by atoms with Crippen molar-refractivity contribution in [2.75, 3.05) is 0 Å². The largest absolute Gasteiger partial charge is 0.0956 e. The first-order valence-corrected chi connectivity index (χ1v) is 4.41. The molecule has 0 radical (unpaired) electrons. The van der Waals surface area contributed by atoms with Gasteiger partial charge in [-0.15, -0.1) is 0 Å². The van der Waals surface area contributed by atoms with Crippen molar-refractivity contribution in [3.63, 3.8) is 0 Å². The molecule has 0 aromatic carbocycles. The van der Waals surface area contributed by atoms with E-state index < -0.39 is 0 Å². The molecule has 0 N–H and O–H groups in total. The van der Waals surface area contributed by atoms with Crippen molar-refractivity contribution < 1.29 is 0 Å². The van der Waals surface area contributed by atoms with E-state index in [1.54, 1.807) is 0 Å². The Balaban J connectivity index is 2.78. The third kappa shape index (κ3) is 1.40. The SMILES string of the molecule is C=C1CC(C)C(C)C(C)C1=C. The lowest BCUT2D eigenvalue weighted by molar-refractivity contribution is 0.284. The van der Waals surface area contributed by atoms with E-state index in [1.807, 2.05) is 0 Å². The molecule has 0 aromatic rings. The predicted octanol–water partition coefficient (Wildman–Crippen LogP) is 3.41. The Hall–Kier alpha value is -0.520. The van der Waals surface area contributed by atoms with E-state index in [2.05, 4.69) is 33.9 Å². The van der Waals surface area contributed by atoms with Crippen LogP contribution in [0.15, 0.2) is 24.3 Å². The summed E-state index contributed by atoms with van der Waals surface area (Å²) in [5.74, 6) is 2.18. The van der Waals surface area contributed by atoms with Gasteiger partial charge in [-0.1, -0.05) is 39.5 Å². The molecule has 1 aliphatic carbocycles. The third-order valence-electron chi connectivity index (χ3n) is 3.26. The molecule has 0 aliphatic heterocycles. The normalized spacial score (nSPS) is 39.4. The summed E-state index contributed by atoms with van der Waals surface area (Å²) in [7, 11) is 0. The van der Waals surface area contributed by atoms with Crippen molar-refractivity contribution in [1.82, 2.24) is 0 Å². The first-order valence-electron chi connectivity index (χ1n) is 4.41. The summed E-state index contributed by atoms with van der Waals surface area (Å²) in [6.07, 6.45) is 1.14. The zero-order valence-electron chi connectivity index (χ0n) is 7.85. The zero-order chi connectivity index (χ0) is 8.59. The van der Waals surface area contributed by atoms with Crippen LogP contribution in [0.2, 0.25) is 0 Å². The average molecular weight is 150 g/mol. The van der Waals surface area contributed by atoms with Gasteiger partial charge in [-0.3, -0.25) is 0 Å². The summed E-state index contributed by atoms with van der Waals surface area (Å²) in [5.41, 5.74) is 2.54. The molecule has 62 valence electrons. The Morgan fingerprint density at radius 2 is 1.73 bits per heavy atom. The van der Waals surface area contributed by atoms with Gasteiger partial charge in [-0.2, -0.15) is 0 Å². The van der Waals surface area contributed by atoms with Crippen molar-refractivity contribution in [3.8, 4) is 0 Å². The first-order chi connectivity index (χ1) is 5.04.